The summed E-state index contributed by atoms with van der Waals surface area (Å²) >= 11 is -0.472. The van der Waals surface area contributed by atoms with Gasteiger partial charge in [-0.3, -0.25) is 0 Å². The topological polar surface area (TPSA) is 0 Å². The number of benzene rings is 8. The summed E-state index contributed by atoms with van der Waals surface area (Å²) < 4.78 is 0. The molecule has 0 aromatic heterocycles. The van der Waals surface area contributed by atoms with Crippen molar-refractivity contribution in [3.63, 3.8) is 0 Å². The molecule has 57 heavy (non-hydrogen) atoms. The van der Waals surface area contributed by atoms with Crippen LogP contribution in [0.3, 0.4) is 0 Å². The monoisotopic (exact) mass is 993 g/mol. The van der Waals surface area contributed by atoms with Gasteiger partial charge in [0.05, 0.1) is 15.8 Å². The fourth-order valence-corrected chi connectivity index (χ4v) is 13.3. The fraction of sp³-hybridized carbons (Fsp3) is 0. The molecule has 0 heterocycles. The third-order valence-corrected chi connectivity index (χ3v) is 15.5. The number of allylic oxidation sites excluding steroid dienone is 2. The number of hydrogen-bond acceptors (Lipinski definition) is 0. The minimum atomic E-state index is -1.60. The second-order valence-corrected chi connectivity index (χ2v) is 21.3. The van der Waals surface area contributed by atoms with E-state index in [1.807, 2.05) is 0 Å². The fourth-order valence-electron chi connectivity index (χ4n) is 7.40. The third-order valence-electron chi connectivity index (χ3n) is 9.75. The Morgan fingerprint density at radius 2 is 0.439 bits per heavy atom. The molecule has 0 nitrogen and oxygen atoms in total. The van der Waals surface area contributed by atoms with Gasteiger partial charge in [-0.1, -0.05) is 194 Å². The second kappa shape index (κ2) is 21.2. The second-order valence-electron chi connectivity index (χ2n) is 13.2. The molecule has 0 unspecified atom stereocenters. The van der Waals surface area contributed by atoms with E-state index in [-0.39, 0.29) is 0 Å². The Bertz CT molecular complexity index is 2210. The molecule has 0 bridgehead atoms. The molecule has 0 spiro atoms. The van der Waals surface area contributed by atoms with E-state index in [0.29, 0.717) is 0 Å². The van der Waals surface area contributed by atoms with Crippen LogP contribution in [-0.4, -0.2) is 0 Å². The summed E-state index contributed by atoms with van der Waals surface area (Å²) in [5, 5.41) is 8.16. The molecule has 0 saturated heterocycles. The molecule has 0 saturated carbocycles. The SMILES string of the molecule is [Cl][Pt][Cl].c1ccc(C(/C(=C(/c2ccccc2)[PH+](c2ccccc2)c2ccccc2)c2ccccc2)=C(\c2ccccc2)[PH+](c2ccccc2)c2ccccc2)cc1. The van der Waals surface area contributed by atoms with Gasteiger partial charge in [-0.2, -0.15) is 0 Å². The predicted molar refractivity (Wildman–Crippen MR) is 252 cm³/mol. The minimum Gasteiger partial charge on any atom is -0.0622 e. The molecular weight excluding hydrogens is 953 g/mol. The number of halogens is 2. The van der Waals surface area contributed by atoms with Crippen molar-refractivity contribution in [1.82, 2.24) is 0 Å². The summed E-state index contributed by atoms with van der Waals surface area (Å²) in [7, 11) is 6.55. The van der Waals surface area contributed by atoms with E-state index in [1.165, 1.54) is 65.2 Å². The van der Waals surface area contributed by atoms with Gasteiger partial charge in [0.25, 0.3) is 0 Å². The summed E-state index contributed by atoms with van der Waals surface area (Å²) in [6, 6.07) is 89.4. The van der Waals surface area contributed by atoms with E-state index in [9.17, 15) is 0 Å². The van der Waals surface area contributed by atoms with Crippen molar-refractivity contribution < 1.29 is 16.5 Å². The summed E-state index contributed by atoms with van der Waals surface area (Å²) in [5.41, 5.74) is 7.46. The third kappa shape index (κ3) is 10.1. The Balaban J connectivity index is 0.00000160. The van der Waals surface area contributed by atoms with Gasteiger partial charge in [-0.25, -0.2) is 0 Å². The van der Waals surface area contributed by atoms with Crippen LogP contribution in [0.4, 0.5) is 0 Å². The molecule has 282 valence electrons. The van der Waals surface area contributed by atoms with Gasteiger partial charge in [0.15, 0.2) is 0 Å². The van der Waals surface area contributed by atoms with Gasteiger partial charge in [-0.15, -0.1) is 0 Å². The normalized spacial score (nSPS) is 12.0. The number of hydrogen-bond donors (Lipinski definition) is 0. The quantitative estimate of drug-likeness (QED) is 0.0688. The average Bonchev–Trinajstić information content (AvgIpc) is 3.30. The first-order chi connectivity index (χ1) is 28.3. The summed E-state index contributed by atoms with van der Waals surface area (Å²) in [6.45, 7) is 0. The Morgan fingerprint density at radius 3 is 0.649 bits per heavy atom. The zero-order chi connectivity index (χ0) is 39.1. The molecule has 0 N–H and O–H groups in total. The van der Waals surface area contributed by atoms with Crippen molar-refractivity contribution in [3.05, 3.63) is 265 Å². The first-order valence-electron chi connectivity index (χ1n) is 18.8. The van der Waals surface area contributed by atoms with E-state index in [1.54, 1.807) is 0 Å². The zero-order valence-electron chi connectivity index (χ0n) is 31.2. The van der Waals surface area contributed by atoms with Gasteiger partial charge in [-0.05, 0) is 59.7 Å². The molecule has 0 atom stereocenters. The van der Waals surface area contributed by atoms with Gasteiger partial charge < -0.3 is 0 Å². The first-order valence-corrected chi connectivity index (χ1v) is 27.4. The molecule has 0 amide bonds. The summed E-state index contributed by atoms with van der Waals surface area (Å²) in [4.78, 5) is 0. The number of rotatable bonds is 11. The van der Waals surface area contributed by atoms with E-state index >= 15 is 0 Å². The van der Waals surface area contributed by atoms with Crippen LogP contribution in [-0.2, 0) is 16.5 Å². The van der Waals surface area contributed by atoms with E-state index in [0.717, 1.165) is 0 Å². The van der Waals surface area contributed by atoms with Crippen molar-refractivity contribution in [3.8, 4) is 0 Å². The van der Waals surface area contributed by atoms with Crippen LogP contribution in [0.15, 0.2) is 243 Å². The van der Waals surface area contributed by atoms with Gasteiger partial charge in [0.1, 0.15) is 31.8 Å². The van der Waals surface area contributed by atoms with E-state index < -0.39 is 32.3 Å². The maximum Gasteiger partial charge on any atom is 0.118 e. The largest absolute Gasteiger partial charge is 0.118 e. The molecule has 0 aliphatic rings. The molecule has 8 rings (SSSR count). The molecular formula is C52H42Cl2P2Pt+2. The van der Waals surface area contributed by atoms with Crippen LogP contribution in [0.5, 0.6) is 0 Å². The molecule has 8 aromatic carbocycles. The molecule has 0 aliphatic heterocycles. The predicted octanol–water partition coefficient (Wildman–Crippen LogP) is 13.2. The van der Waals surface area contributed by atoms with Crippen molar-refractivity contribution in [2.24, 2.45) is 0 Å². The maximum atomic E-state index is 4.88. The van der Waals surface area contributed by atoms with Crippen molar-refractivity contribution in [2.75, 3.05) is 0 Å². The maximum absolute atomic E-state index is 4.88. The van der Waals surface area contributed by atoms with Crippen LogP contribution >= 0.6 is 34.7 Å². The molecule has 5 heteroatoms. The van der Waals surface area contributed by atoms with Crippen molar-refractivity contribution >= 4 is 77.7 Å². The summed E-state index contributed by atoms with van der Waals surface area (Å²) in [6.07, 6.45) is 0. The van der Waals surface area contributed by atoms with Gasteiger partial charge >= 0.3 is 35.3 Å². The molecule has 0 radical (unpaired) electrons. The zero-order valence-corrected chi connectivity index (χ0v) is 37.0. The molecule has 0 aliphatic carbocycles. The Kier molecular flexibility index (Phi) is 15.1. The minimum absolute atomic E-state index is 0.472. The van der Waals surface area contributed by atoms with E-state index in [4.69, 9.17) is 18.8 Å². The van der Waals surface area contributed by atoms with Crippen LogP contribution in [0.2, 0.25) is 0 Å². The van der Waals surface area contributed by atoms with Crippen LogP contribution in [0, 0.1) is 0 Å². The van der Waals surface area contributed by atoms with Gasteiger partial charge in [0.2, 0.25) is 0 Å². The van der Waals surface area contributed by atoms with E-state index in [2.05, 4.69) is 243 Å². The average molecular weight is 995 g/mol. The summed E-state index contributed by atoms with van der Waals surface area (Å²) in [5.74, 6) is 0. The van der Waals surface area contributed by atoms with Crippen LogP contribution < -0.4 is 21.2 Å². The Morgan fingerprint density at radius 1 is 0.263 bits per heavy atom. The smallest absolute Gasteiger partial charge is 0.0622 e. The Labute approximate surface area is 356 Å². The first kappa shape index (κ1) is 40.6. The Hall–Kier alpha value is -4.63. The standard InChI is InChI=1S/C52H40P2.2ClH.Pt/c1-9-25-41(26-10-1)49(51(43-29-13-3-14-30-43)53(45-33-17-5-18-34-45)46-35-19-6-20-36-46)50(42-27-11-2-12-28-42)52(44-31-15-4-16-32-44)54(47-37-21-7-22-38-47)48-39-23-8-24-40-48;;;/h1-40H;2*1H;/q;;;+2/b51-49-,52-50-;;;. The van der Waals surface area contributed by atoms with Crippen LogP contribution in [0.1, 0.15) is 22.3 Å². The molecule has 0 fully saturated rings. The van der Waals surface area contributed by atoms with Crippen molar-refractivity contribution in [2.45, 2.75) is 0 Å². The van der Waals surface area contributed by atoms with Crippen molar-refractivity contribution in [1.29, 1.82) is 0 Å². The van der Waals surface area contributed by atoms with Gasteiger partial charge in [0, 0.05) is 22.3 Å². The van der Waals surface area contributed by atoms with Crippen LogP contribution in [0.25, 0.3) is 21.8 Å². The molecule has 8 aromatic rings.